The summed E-state index contributed by atoms with van der Waals surface area (Å²) in [7, 11) is 7.18. The quantitative estimate of drug-likeness (QED) is 0.806. The third-order valence-corrected chi connectivity index (χ3v) is 4.55. The second-order valence-corrected chi connectivity index (χ2v) is 6.84. The molecule has 146 valence electrons. The average molecular weight is 375 g/mol. The predicted molar refractivity (Wildman–Crippen MR) is 98.9 cm³/mol. The van der Waals surface area contributed by atoms with Gasteiger partial charge in [0.05, 0.1) is 32.1 Å². The number of pyridine rings is 1. The van der Waals surface area contributed by atoms with Crippen molar-refractivity contribution in [1.82, 2.24) is 24.6 Å². The molecule has 0 radical (unpaired) electrons. The number of morpholine rings is 1. The molecule has 3 rings (SSSR count). The number of nitrogens with one attached hydrogen (secondary N) is 1. The minimum atomic E-state index is -0.337. The lowest BCUT2D eigenvalue weighted by atomic mass is 10.00. The van der Waals surface area contributed by atoms with Gasteiger partial charge in [-0.2, -0.15) is 5.10 Å². The SMILES string of the molecule is COc1c[nH]c(C(=O)N2CCO[C@@H](CN(C)C)[C@@H]2c2cnn(C)c2)cc1=O. The molecular weight excluding hydrogens is 350 g/mol. The van der Waals surface area contributed by atoms with Crippen molar-refractivity contribution in [3.8, 4) is 5.75 Å². The van der Waals surface area contributed by atoms with Crippen molar-refractivity contribution < 1.29 is 14.3 Å². The topological polar surface area (TPSA) is 92.7 Å². The van der Waals surface area contributed by atoms with E-state index in [1.807, 2.05) is 32.2 Å². The molecule has 27 heavy (non-hydrogen) atoms. The Balaban J connectivity index is 1.96. The van der Waals surface area contributed by atoms with Crippen LogP contribution in [0.15, 0.2) is 29.5 Å². The summed E-state index contributed by atoms with van der Waals surface area (Å²) in [6, 6.07) is 0.977. The molecule has 0 bridgehead atoms. The van der Waals surface area contributed by atoms with Crippen molar-refractivity contribution in [2.45, 2.75) is 12.1 Å². The molecular formula is C18H25N5O4. The van der Waals surface area contributed by atoms with Gasteiger partial charge in [-0.15, -0.1) is 0 Å². The summed E-state index contributed by atoms with van der Waals surface area (Å²) in [4.78, 5) is 31.9. The molecule has 1 saturated heterocycles. The molecule has 0 aliphatic carbocycles. The summed E-state index contributed by atoms with van der Waals surface area (Å²) in [5, 5.41) is 4.24. The molecule has 1 fully saturated rings. The van der Waals surface area contributed by atoms with Crippen LogP contribution in [0.25, 0.3) is 0 Å². The highest BCUT2D eigenvalue weighted by atomic mass is 16.5. The molecule has 1 aliphatic rings. The highest BCUT2D eigenvalue weighted by molar-refractivity contribution is 5.92. The molecule has 2 aromatic heterocycles. The monoisotopic (exact) mass is 375 g/mol. The van der Waals surface area contributed by atoms with Gasteiger partial charge in [0.1, 0.15) is 5.69 Å². The Morgan fingerprint density at radius 3 is 2.85 bits per heavy atom. The van der Waals surface area contributed by atoms with Crippen LogP contribution in [0, 0.1) is 0 Å². The van der Waals surface area contributed by atoms with E-state index in [1.54, 1.807) is 15.8 Å². The minimum absolute atomic E-state index is 0.169. The smallest absolute Gasteiger partial charge is 0.271 e. The van der Waals surface area contributed by atoms with E-state index in [9.17, 15) is 9.59 Å². The predicted octanol–water partition coefficient (Wildman–Crippen LogP) is 0.261. The number of hydrogen-bond donors (Lipinski definition) is 1. The minimum Gasteiger partial charge on any atom is -0.491 e. The molecule has 1 amide bonds. The fraction of sp³-hybridized carbons (Fsp3) is 0.500. The first-order chi connectivity index (χ1) is 12.9. The normalized spacial score (nSPS) is 20.1. The zero-order valence-electron chi connectivity index (χ0n) is 16.0. The number of amides is 1. The van der Waals surface area contributed by atoms with Crippen LogP contribution in [0.5, 0.6) is 5.75 Å². The maximum absolute atomic E-state index is 13.2. The first-order valence-corrected chi connectivity index (χ1v) is 8.73. The Morgan fingerprint density at radius 1 is 1.48 bits per heavy atom. The molecule has 1 N–H and O–H groups in total. The van der Waals surface area contributed by atoms with Crippen molar-refractivity contribution in [3.05, 3.63) is 46.1 Å². The maximum atomic E-state index is 13.2. The van der Waals surface area contributed by atoms with Crippen LogP contribution in [0.3, 0.4) is 0 Å². The van der Waals surface area contributed by atoms with Crippen LogP contribution >= 0.6 is 0 Å². The first kappa shape index (κ1) is 19.1. The Hall–Kier alpha value is -2.65. The maximum Gasteiger partial charge on any atom is 0.271 e. The number of nitrogens with zero attached hydrogens (tertiary/aromatic N) is 4. The van der Waals surface area contributed by atoms with E-state index in [2.05, 4.69) is 10.1 Å². The van der Waals surface area contributed by atoms with Gasteiger partial charge in [0.2, 0.25) is 5.43 Å². The first-order valence-electron chi connectivity index (χ1n) is 8.73. The van der Waals surface area contributed by atoms with E-state index in [0.717, 1.165) is 5.56 Å². The Bertz CT molecular complexity index is 859. The van der Waals surface area contributed by atoms with Gasteiger partial charge in [-0.05, 0) is 14.1 Å². The molecule has 0 saturated carbocycles. The second kappa shape index (κ2) is 7.93. The molecule has 3 heterocycles. The molecule has 0 unspecified atom stereocenters. The number of methoxy groups -OCH3 is 1. The van der Waals surface area contributed by atoms with Gasteiger partial charge >= 0.3 is 0 Å². The van der Waals surface area contributed by atoms with Gasteiger partial charge in [-0.3, -0.25) is 14.3 Å². The lowest BCUT2D eigenvalue weighted by molar-refractivity contribution is -0.0686. The standard InChI is InChI=1S/C18H25N5O4/c1-21(2)11-16-17(12-8-20-22(3)10-12)23(5-6-27-16)18(25)13-7-14(24)15(26-4)9-19-13/h7-10,16-17H,5-6,11H2,1-4H3,(H,19,24)/t16-,17-/m0/s1. The van der Waals surface area contributed by atoms with Crippen molar-refractivity contribution in [2.24, 2.45) is 7.05 Å². The lowest BCUT2D eigenvalue weighted by Crippen LogP contribution is -2.51. The van der Waals surface area contributed by atoms with Gasteiger partial charge in [0.25, 0.3) is 5.91 Å². The van der Waals surface area contributed by atoms with Gasteiger partial charge < -0.3 is 24.3 Å². The number of aromatic nitrogens is 3. The third kappa shape index (κ3) is 4.04. The van der Waals surface area contributed by atoms with E-state index < -0.39 is 0 Å². The second-order valence-electron chi connectivity index (χ2n) is 6.84. The Labute approximate surface area is 157 Å². The fourth-order valence-electron chi connectivity index (χ4n) is 3.36. The zero-order valence-corrected chi connectivity index (χ0v) is 16.0. The summed E-state index contributed by atoms with van der Waals surface area (Å²) >= 11 is 0. The molecule has 0 spiro atoms. The largest absolute Gasteiger partial charge is 0.491 e. The molecule has 2 aromatic rings. The number of likely N-dealkylation sites (N-methyl/N-ethyl adjacent to an activating group) is 1. The van der Waals surface area contributed by atoms with Crippen molar-refractivity contribution in [1.29, 1.82) is 0 Å². The average Bonchev–Trinajstić information content (AvgIpc) is 3.06. The van der Waals surface area contributed by atoms with E-state index >= 15 is 0 Å². The summed E-state index contributed by atoms with van der Waals surface area (Å²) in [5.74, 6) is -0.0847. The van der Waals surface area contributed by atoms with Crippen LogP contribution in [0.1, 0.15) is 22.1 Å². The number of carbonyl (C=O) groups is 1. The summed E-state index contributed by atoms with van der Waals surface area (Å²) < 4.78 is 12.7. The number of ether oxygens (including phenoxy) is 2. The molecule has 1 aliphatic heterocycles. The number of aromatic amines is 1. The summed E-state index contributed by atoms with van der Waals surface area (Å²) in [6.45, 7) is 1.51. The van der Waals surface area contributed by atoms with Crippen molar-refractivity contribution >= 4 is 5.91 Å². The molecule has 2 atom stereocenters. The van der Waals surface area contributed by atoms with Crippen molar-refractivity contribution in [3.63, 3.8) is 0 Å². The van der Waals surface area contributed by atoms with Crippen LogP contribution < -0.4 is 10.2 Å². The molecule has 9 heteroatoms. The number of H-pyrrole nitrogens is 1. The third-order valence-electron chi connectivity index (χ3n) is 4.55. The highest BCUT2D eigenvalue weighted by Crippen LogP contribution is 2.31. The zero-order chi connectivity index (χ0) is 19.6. The van der Waals surface area contributed by atoms with E-state index in [1.165, 1.54) is 19.4 Å². The summed E-state index contributed by atoms with van der Waals surface area (Å²) in [6.07, 6.45) is 4.84. The van der Waals surface area contributed by atoms with Crippen molar-refractivity contribution in [2.75, 3.05) is 40.9 Å². The van der Waals surface area contributed by atoms with E-state index in [-0.39, 0.29) is 34.9 Å². The summed E-state index contributed by atoms with van der Waals surface area (Å²) in [5.41, 5.74) is 0.782. The van der Waals surface area contributed by atoms with Crippen LogP contribution in [-0.2, 0) is 11.8 Å². The van der Waals surface area contributed by atoms with Gasteiger partial charge in [0.15, 0.2) is 5.75 Å². The van der Waals surface area contributed by atoms with Gasteiger partial charge in [-0.25, -0.2) is 0 Å². The van der Waals surface area contributed by atoms with Crippen LogP contribution in [-0.4, -0.2) is 77.5 Å². The van der Waals surface area contributed by atoms with Crippen LogP contribution in [0.2, 0.25) is 0 Å². The number of carbonyl (C=O) groups excluding carboxylic acids is 1. The van der Waals surface area contributed by atoms with Crippen LogP contribution in [0.4, 0.5) is 0 Å². The highest BCUT2D eigenvalue weighted by Gasteiger charge is 2.38. The number of aryl methyl sites for hydroxylation is 1. The molecule has 0 aromatic carbocycles. The van der Waals surface area contributed by atoms with Gasteiger partial charge in [0, 0.05) is 44.2 Å². The van der Waals surface area contributed by atoms with Gasteiger partial charge in [-0.1, -0.05) is 0 Å². The fourth-order valence-corrected chi connectivity index (χ4v) is 3.36. The van der Waals surface area contributed by atoms with E-state index in [4.69, 9.17) is 9.47 Å². The lowest BCUT2D eigenvalue weighted by Gasteiger charge is -2.41. The number of rotatable bonds is 5. The number of hydrogen-bond acceptors (Lipinski definition) is 6. The van der Waals surface area contributed by atoms with E-state index in [0.29, 0.717) is 19.7 Å². The Morgan fingerprint density at radius 2 is 2.26 bits per heavy atom. The molecule has 9 nitrogen and oxygen atoms in total. The Kier molecular flexibility index (Phi) is 5.62.